The Bertz CT molecular complexity index is 418. The first-order valence-corrected chi connectivity index (χ1v) is 4.47. The monoisotopic (exact) mass is 170 g/mol. The normalized spacial score (nSPS) is 33.2. The van der Waals surface area contributed by atoms with Crippen molar-refractivity contribution >= 4 is 0 Å². The van der Waals surface area contributed by atoms with E-state index in [1.54, 1.807) is 0 Å². The quantitative estimate of drug-likeness (QED) is 0.543. The molecule has 3 aliphatic rings. The Morgan fingerprint density at radius 2 is 2.15 bits per heavy atom. The van der Waals surface area contributed by atoms with Crippen LogP contribution in [0.1, 0.15) is 6.92 Å². The van der Waals surface area contributed by atoms with Gasteiger partial charge in [-0.25, -0.2) is 0 Å². The van der Waals surface area contributed by atoms with Crippen LogP contribution in [0, 0.1) is 5.41 Å². The molecule has 0 aromatic carbocycles. The van der Waals surface area contributed by atoms with Crippen LogP contribution in [0.25, 0.3) is 0 Å². The Morgan fingerprint density at radius 1 is 1.23 bits per heavy atom. The smallest absolute Gasteiger partial charge is 0.122 e. The van der Waals surface area contributed by atoms with Gasteiger partial charge in [-0.15, -0.1) is 0 Å². The van der Waals surface area contributed by atoms with Crippen LogP contribution < -0.4 is 0 Å². The lowest BCUT2D eigenvalue weighted by molar-refractivity contribution is 0.297. The fourth-order valence-electron chi connectivity index (χ4n) is 2.18. The molecule has 1 spiro atoms. The summed E-state index contributed by atoms with van der Waals surface area (Å²) < 4.78 is 5.65. The average Bonchev–Trinajstić information content (AvgIpc) is 2.61. The van der Waals surface area contributed by atoms with E-state index in [0.717, 1.165) is 11.5 Å². The topological polar surface area (TPSA) is 9.23 Å². The van der Waals surface area contributed by atoms with Gasteiger partial charge in [0.05, 0.1) is 11.2 Å². The first-order valence-electron chi connectivity index (χ1n) is 4.47. The number of hydrogen-bond donors (Lipinski definition) is 0. The summed E-state index contributed by atoms with van der Waals surface area (Å²) in [7, 11) is 0. The fourth-order valence-corrected chi connectivity index (χ4v) is 2.18. The zero-order chi connectivity index (χ0) is 8.89. The molecule has 1 nitrogen and oxygen atoms in total. The van der Waals surface area contributed by atoms with Crippen molar-refractivity contribution in [1.29, 1.82) is 0 Å². The van der Waals surface area contributed by atoms with Crippen LogP contribution in [0.2, 0.25) is 0 Å². The predicted octanol–water partition coefficient (Wildman–Crippen LogP) is 2.86. The first-order chi connectivity index (χ1) is 6.31. The van der Waals surface area contributed by atoms with Crippen LogP contribution >= 0.6 is 0 Å². The third-order valence-electron chi connectivity index (χ3n) is 2.75. The molecule has 0 amide bonds. The van der Waals surface area contributed by atoms with Crippen molar-refractivity contribution in [2.45, 2.75) is 6.92 Å². The number of rotatable bonds is 0. The molecule has 0 N–H and O–H groups in total. The van der Waals surface area contributed by atoms with Crippen LogP contribution in [-0.4, -0.2) is 0 Å². The summed E-state index contributed by atoms with van der Waals surface area (Å²) in [5.41, 5.74) is 1.25. The van der Waals surface area contributed by atoms with Gasteiger partial charge in [0, 0.05) is 0 Å². The van der Waals surface area contributed by atoms with E-state index in [4.69, 9.17) is 4.74 Å². The third-order valence-corrected chi connectivity index (χ3v) is 2.75. The average molecular weight is 170 g/mol. The van der Waals surface area contributed by atoms with E-state index < -0.39 is 0 Å². The first kappa shape index (κ1) is 6.96. The summed E-state index contributed by atoms with van der Waals surface area (Å²) >= 11 is 0. The van der Waals surface area contributed by atoms with Gasteiger partial charge in [0.15, 0.2) is 0 Å². The van der Waals surface area contributed by atoms with Crippen molar-refractivity contribution in [2.24, 2.45) is 5.41 Å². The van der Waals surface area contributed by atoms with Gasteiger partial charge in [-0.2, -0.15) is 0 Å². The highest BCUT2D eigenvalue weighted by molar-refractivity contribution is 5.57. The molecule has 1 heteroatoms. The maximum absolute atomic E-state index is 5.65. The van der Waals surface area contributed by atoms with Gasteiger partial charge in [0.2, 0.25) is 0 Å². The second-order valence-corrected chi connectivity index (χ2v) is 3.60. The minimum Gasteiger partial charge on any atom is -0.465 e. The molecule has 64 valence electrons. The maximum Gasteiger partial charge on any atom is 0.122 e. The van der Waals surface area contributed by atoms with Crippen LogP contribution in [-0.2, 0) is 4.74 Å². The van der Waals surface area contributed by atoms with Crippen molar-refractivity contribution in [1.82, 2.24) is 0 Å². The summed E-state index contributed by atoms with van der Waals surface area (Å²) in [5, 5.41) is 0. The highest BCUT2D eigenvalue weighted by Crippen LogP contribution is 2.50. The Hall–Kier alpha value is -1.50. The van der Waals surface area contributed by atoms with Crippen LogP contribution in [0.4, 0.5) is 0 Å². The van der Waals surface area contributed by atoms with E-state index in [2.05, 4.69) is 30.4 Å². The van der Waals surface area contributed by atoms with Gasteiger partial charge < -0.3 is 4.74 Å². The van der Waals surface area contributed by atoms with Gasteiger partial charge in [-0.05, 0) is 24.6 Å². The van der Waals surface area contributed by atoms with E-state index in [1.807, 2.05) is 19.1 Å². The molecule has 1 aliphatic heterocycles. The lowest BCUT2D eigenvalue weighted by atomic mass is 9.79. The minimum atomic E-state index is -0.0567. The van der Waals surface area contributed by atoms with E-state index >= 15 is 0 Å². The number of hydrogen-bond acceptors (Lipinski definition) is 1. The summed E-state index contributed by atoms with van der Waals surface area (Å²) in [6.07, 6.45) is 14.8. The number of allylic oxidation sites excluding steroid dienone is 7. The molecule has 1 heterocycles. The van der Waals surface area contributed by atoms with Crippen molar-refractivity contribution in [3.05, 3.63) is 59.6 Å². The van der Waals surface area contributed by atoms with E-state index in [0.29, 0.717) is 0 Å². The highest BCUT2D eigenvalue weighted by atomic mass is 16.5. The molecule has 0 saturated carbocycles. The molecule has 1 atom stereocenters. The summed E-state index contributed by atoms with van der Waals surface area (Å²) in [4.78, 5) is 0. The molecule has 0 radical (unpaired) electrons. The third kappa shape index (κ3) is 0.718. The van der Waals surface area contributed by atoms with E-state index in [1.165, 1.54) is 5.57 Å². The van der Waals surface area contributed by atoms with Crippen LogP contribution in [0.5, 0.6) is 0 Å². The molecule has 3 rings (SSSR count). The molecule has 0 fully saturated rings. The Balaban J connectivity index is 2.26. The van der Waals surface area contributed by atoms with Crippen molar-refractivity contribution in [2.75, 3.05) is 0 Å². The van der Waals surface area contributed by atoms with Gasteiger partial charge in [0.1, 0.15) is 5.76 Å². The summed E-state index contributed by atoms with van der Waals surface area (Å²) in [6, 6.07) is 0. The van der Waals surface area contributed by atoms with Gasteiger partial charge in [-0.1, -0.05) is 30.4 Å². The summed E-state index contributed by atoms with van der Waals surface area (Å²) in [6.45, 7) is 2.00. The molecule has 0 aromatic heterocycles. The lowest BCUT2D eigenvalue weighted by Crippen LogP contribution is -2.17. The molecule has 2 aliphatic carbocycles. The van der Waals surface area contributed by atoms with E-state index in [-0.39, 0.29) is 5.41 Å². The summed E-state index contributed by atoms with van der Waals surface area (Å²) in [5.74, 6) is 2.03. The second-order valence-electron chi connectivity index (χ2n) is 3.60. The highest BCUT2D eigenvalue weighted by Gasteiger charge is 2.41. The van der Waals surface area contributed by atoms with Gasteiger partial charge in [0.25, 0.3) is 0 Å². The van der Waals surface area contributed by atoms with Crippen molar-refractivity contribution in [3.8, 4) is 0 Å². The molecular formula is C12H10O. The maximum atomic E-state index is 5.65. The second kappa shape index (κ2) is 2.05. The molecule has 13 heavy (non-hydrogen) atoms. The van der Waals surface area contributed by atoms with Crippen LogP contribution in [0.15, 0.2) is 59.6 Å². The molecule has 0 aromatic rings. The van der Waals surface area contributed by atoms with Crippen molar-refractivity contribution in [3.63, 3.8) is 0 Å². The van der Waals surface area contributed by atoms with Gasteiger partial charge >= 0.3 is 0 Å². The zero-order valence-corrected chi connectivity index (χ0v) is 7.45. The minimum absolute atomic E-state index is 0.0567. The Labute approximate surface area is 77.4 Å². The molecule has 0 saturated heterocycles. The Kier molecular flexibility index (Phi) is 1.10. The fraction of sp³-hybridized carbons (Fsp3) is 0.167. The SMILES string of the molecule is CC1=CC23C=CC=C2C=CC=C3O1. The predicted molar refractivity (Wildman–Crippen MR) is 51.7 cm³/mol. The zero-order valence-electron chi connectivity index (χ0n) is 7.45. The largest absolute Gasteiger partial charge is 0.465 e. The Morgan fingerprint density at radius 3 is 3.08 bits per heavy atom. The molecule has 0 bridgehead atoms. The van der Waals surface area contributed by atoms with E-state index in [9.17, 15) is 0 Å². The van der Waals surface area contributed by atoms with Gasteiger partial charge in [-0.3, -0.25) is 0 Å². The lowest BCUT2D eigenvalue weighted by Gasteiger charge is -2.24. The standard InChI is InChI=1S/C12H10O/c1-9-8-12-7-3-5-10(12)4-2-6-11(12)13-9/h2-8H,1H3. The molecular weight excluding hydrogens is 160 g/mol. The van der Waals surface area contributed by atoms with Crippen molar-refractivity contribution < 1.29 is 4.74 Å². The number of ether oxygens (including phenoxy) is 1. The van der Waals surface area contributed by atoms with Crippen LogP contribution in [0.3, 0.4) is 0 Å². The molecule has 1 unspecified atom stereocenters.